The zero-order valence-corrected chi connectivity index (χ0v) is 21.3. The number of hydrogen-bond donors (Lipinski definition) is 0. The van der Waals surface area contributed by atoms with Crippen LogP contribution >= 0.6 is 0 Å². The van der Waals surface area contributed by atoms with Gasteiger partial charge in [0.25, 0.3) is 0 Å². The number of nitrogens with zero attached hydrogens (tertiary/aromatic N) is 1. The van der Waals surface area contributed by atoms with E-state index in [1.54, 1.807) is 4.90 Å². The van der Waals surface area contributed by atoms with Gasteiger partial charge in [-0.15, -0.1) is 0 Å². The minimum Gasteiger partial charge on any atom is -0.458 e. The van der Waals surface area contributed by atoms with Crippen molar-refractivity contribution >= 4 is 5.97 Å². The zero-order chi connectivity index (χ0) is 24.0. The lowest BCUT2D eigenvalue weighted by molar-refractivity contribution is -0.169. The fourth-order valence-electron chi connectivity index (χ4n) is 3.51. The summed E-state index contributed by atoms with van der Waals surface area (Å²) < 4.78 is 11.2. The first-order chi connectivity index (χ1) is 16.1. The van der Waals surface area contributed by atoms with Gasteiger partial charge in [0.2, 0.25) is 6.23 Å². The predicted molar refractivity (Wildman–Crippen MR) is 139 cm³/mol. The Labute approximate surface area is 203 Å². The van der Waals surface area contributed by atoms with Gasteiger partial charge >= 0.3 is 5.97 Å². The molecule has 0 bridgehead atoms. The quantitative estimate of drug-likeness (QED) is 0.0882. The SMILES string of the molecule is CCCCC/C=C\C/C=C\CCCCCCCCOC(C(=O)OCc1ccccc1)N(C)C. The fourth-order valence-corrected chi connectivity index (χ4v) is 3.51. The molecule has 0 aliphatic carbocycles. The number of benzene rings is 1. The van der Waals surface area contributed by atoms with Gasteiger partial charge < -0.3 is 9.47 Å². The summed E-state index contributed by atoms with van der Waals surface area (Å²) in [4.78, 5) is 14.1. The zero-order valence-electron chi connectivity index (χ0n) is 21.3. The molecule has 4 nitrogen and oxygen atoms in total. The molecule has 1 atom stereocenters. The summed E-state index contributed by atoms with van der Waals surface area (Å²) in [5.74, 6) is -0.330. The van der Waals surface area contributed by atoms with Crippen LogP contribution in [0.5, 0.6) is 0 Å². The molecule has 1 aromatic carbocycles. The molecule has 0 saturated heterocycles. The van der Waals surface area contributed by atoms with E-state index in [1.807, 2.05) is 44.4 Å². The van der Waals surface area contributed by atoms with Crippen LogP contribution in [0.1, 0.15) is 89.5 Å². The van der Waals surface area contributed by atoms with Crippen LogP contribution in [0.4, 0.5) is 0 Å². The molecule has 0 amide bonds. The number of rotatable bonds is 20. The van der Waals surface area contributed by atoms with Crippen LogP contribution in [-0.4, -0.2) is 37.8 Å². The smallest absolute Gasteiger partial charge is 0.351 e. The lowest BCUT2D eigenvalue weighted by Crippen LogP contribution is -2.39. The van der Waals surface area contributed by atoms with E-state index in [9.17, 15) is 4.79 Å². The highest BCUT2D eigenvalue weighted by molar-refractivity contribution is 5.74. The molecule has 0 heterocycles. The van der Waals surface area contributed by atoms with E-state index in [1.165, 1.54) is 57.8 Å². The molecule has 1 unspecified atom stereocenters. The second-order valence-electron chi connectivity index (χ2n) is 8.86. The fraction of sp³-hybridized carbons (Fsp3) is 0.621. The first-order valence-corrected chi connectivity index (χ1v) is 12.9. The highest BCUT2D eigenvalue weighted by atomic mass is 16.6. The monoisotopic (exact) mass is 457 g/mol. The third-order valence-corrected chi connectivity index (χ3v) is 5.52. The van der Waals surface area contributed by atoms with Crippen molar-refractivity contribution in [1.82, 2.24) is 4.90 Å². The van der Waals surface area contributed by atoms with Gasteiger partial charge in [0.15, 0.2) is 0 Å². The molecule has 0 aromatic heterocycles. The Morgan fingerprint density at radius 1 is 0.848 bits per heavy atom. The minimum absolute atomic E-state index is 0.276. The molecule has 0 radical (unpaired) electrons. The van der Waals surface area contributed by atoms with E-state index >= 15 is 0 Å². The highest BCUT2D eigenvalue weighted by Crippen LogP contribution is 2.10. The van der Waals surface area contributed by atoms with Crippen LogP contribution in [0.2, 0.25) is 0 Å². The summed E-state index contributed by atoms with van der Waals surface area (Å²) in [7, 11) is 3.68. The first-order valence-electron chi connectivity index (χ1n) is 12.9. The van der Waals surface area contributed by atoms with Crippen molar-refractivity contribution in [3.8, 4) is 0 Å². The average Bonchev–Trinajstić information content (AvgIpc) is 2.82. The topological polar surface area (TPSA) is 38.8 Å². The van der Waals surface area contributed by atoms with Crippen molar-refractivity contribution in [2.45, 2.75) is 96.8 Å². The van der Waals surface area contributed by atoms with E-state index in [4.69, 9.17) is 9.47 Å². The standard InChI is InChI=1S/C29H47NO3/c1-4-5-6-7-8-9-10-11-12-13-14-15-16-17-18-22-25-32-28(30(2)3)29(31)33-26-27-23-20-19-21-24-27/h8-9,11-12,19-21,23-24,28H,4-7,10,13-18,22,25-26H2,1-3H3/b9-8-,12-11-. The van der Waals surface area contributed by atoms with Crippen molar-refractivity contribution in [2.24, 2.45) is 0 Å². The second kappa shape index (κ2) is 20.7. The van der Waals surface area contributed by atoms with Crippen molar-refractivity contribution in [3.63, 3.8) is 0 Å². The average molecular weight is 458 g/mol. The van der Waals surface area contributed by atoms with E-state index in [2.05, 4.69) is 31.2 Å². The third kappa shape index (κ3) is 16.4. The molecule has 1 rings (SSSR count). The maximum absolute atomic E-state index is 12.4. The molecular weight excluding hydrogens is 410 g/mol. The highest BCUT2D eigenvalue weighted by Gasteiger charge is 2.23. The van der Waals surface area contributed by atoms with E-state index < -0.39 is 6.23 Å². The molecule has 0 spiro atoms. The van der Waals surface area contributed by atoms with Gasteiger partial charge in [-0.3, -0.25) is 4.90 Å². The van der Waals surface area contributed by atoms with Crippen molar-refractivity contribution < 1.29 is 14.3 Å². The van der Waals surface area contributed by atoms with Crippen molar-refractivity contribution in [1.29, 1.82) is 0 Å². The molecule has 33 heavy (non-hydrogen) atoms. The van der Waals surface area contributed by atoms with Crippen molar-refractivity contribution in [2.75, 3.05) is 20.7 Å². The third-order valence-electron chi connectivity index (χ3n) is 5.52. The Morgan fingerprint density at radius 3 is 2.09 bits per heavy atom. The van der Waals surface area contributed by atoms with Crippen LogP contribution in [0.25, 0.3) is 0 Å². The Balaban J connectivity index is 2.00. The Bertz CT molecular complexity index is 640. The van der Waals surface area contributed by atoms with Crippen LogP contribution < -0.4 is 0 Å². The second-order valence-corrected chi connectivity index (χ2v) is 8.86. The summed E-state index contributed by atoms with van der Waals surface area (Å²) in [5.41, 5.74) is 0.980. The maximum atomic E-state index is 12.4. The predicted octanol–water partition coefficient (Wildman–Crippen LogP) is 7.45. The van der Waals surface area contributed by atoms with E-state index in [0.717, 1.165) is 24.8 Å². The van der Waals surface area contributed by atoms with Gasteiger partial charge in [0.1, 0.15) is 6.61 Å². The Morgan fingerprint density at radius 2 is 1.45 bits per heavy atom. The molecule has 0 aliphatic heterocycles. The van der Waals surface area contributed by atoms with Gasteiger partial charge in [-0.05, 0) is 58.2 Å². The Hall–Kier alpha value is -1.91. The number of ether oxygens (including phenoxy) is 2. The number of unbranched alkanes of at least 4 members (excludes halogenated alkanes) is 9. The van der Waals surface area contributed by atoms with Gasteiger partial charge in [0.05, 0.1) is 0 Å². The number of carbonyl (C=O) groups excluding carboxylic acids is 1. The largest absolute Gasteiger partial charge is 0.458 e. The van der Waals surface area contributed by atoms with Gasteiger partial charge in [-0.1, -0.05) is 100 Å². The summed E-state index contributed by atoms with van der Waals surface area (Å²) >= 11 is 0. The van der Waals surface area contributed by atoms with E-state index in [-0.39, 0.29) is 12.6 Å². The molecular formula is C29H47NO3. The summed E-state index contributed by atoms with van der Waals surface area (Å²) in [5, 5.41) is 0. The maximum Gasteiger partial charge on any atom is 0.351 e. The normalized spacial score (nSPS) is 12.7. The van der Waals surface area contributed by atoms with Crippen LogP contribution in [0.3, 0.4) is 0 Å². The molecule has 0 N–H and O–H groups in total. The van der Waals surface area contributed by atoms with Crippen LogP contribution in [0, 0.1) is 0 Å². The summed E-state index contributed by atoms with van der Waals surface area (Å²) in [6.45, 7) is 3.10. The van der Waals surface area contributed by atoms with Gasteiger partial charge in [0, 0.05) is 6.61 Å². The molecule has 0 saturated carbocycles. The van der Waals surface area contributed by atoms with Gasteiger partial charge in [-0.25, -0.2) is 4.79 Å². The van der Waals surface area contributed by atoms with E-state index in [0.29, 0.717) is 6.61 Å². The molecule has 0 fully saturated rings. The van der Waals surface area contributed by atoms with Gasteiger partial charge in [-0.2, -0.15) is 0 Å². The minimum atomic E-state index is -0.647. The lowest BCUT2D eigenvalue weighted by atomic mass is 10.1. The number of hydrogen-bond acceptors (Lipinski definition) is 4. The number of likely N-dealkylation sites (N-methyl/N-ethyl adjacent to an activating group) is 1. The number of esters is 1. The number of carbonyl (C=O) groups is 1. The molecule has 186 valence electrons. The van der Waals surface area contributed by atoms with Crippen molar-refractivity contribution in [3.05, 3.63) is 60.2 Å². The summed E-state index contributed by atoms with van der Waals surface area (Å²) in [6, 6.07) is 9.72. The molecule has 4 heteroatoms. The molecule has 0 aliphatic rings. The van der Waals surface area contributed by atoms with Crippen LogP contribution in [0.15, 0.2) is 54.6 Å². The first kappa shape index (κ1) is 29.1. The molecule has 1 aromatic rings. The Kier molecular flexibility index (Phi) is 18.2. The summed E-state index contributed by atoms with van der Waals surface area (Å²) in [6.07, 6.45) is 23.2. The van der Waals surface area contributed by atoms with Crippen LogP contribution in [-0.2, 0) is 20.9 Å². The number of allylic oxidation sites excluding steroid dienone is 4. The lowest BCUT2D eigenvalue weighted by Gasteiger charge is -2.22.